The van der Waals surface area contributed by atoms with Gasteiger partial charge in [0.05, 0.1) is 6.04 Å². The van der Waals surface area contributed by atoms with Gasteiger partial charge in [-0.15, -0.1) is 0 Å². The third-order valence-electron chi connectivity index (χ3n) is 2.23. The van der Waals surface area contributed by atoms with E-state index in [0.29, 0.717) is 6.42 Å². The summed E-state index contributed by atoms with van der Waals surface area (Å²) in [6.07, 6.45) is 1.08. The molecule has 0 aliphatic rings. The highest BCUT2D eigenvalue weighted by molar-refractivity contribution is 5.87. The van der Waals surface area contributed by atoms with Crippen molar-refractivity contribution in [2.24, 2.45) is 11.5 Å². The number of nitrogens with two attached hydrogens (primary N) is 2. The molecule has 0 spiro atoms. The Morgan fingerprint density at radius 1 is 1.29 bits per heavy atom. The Balaban J connectivity index is 4.29. The summed E-state index contributed by atoms with van der Waals surface area (Å²) < 4.78 is 0. The van der Waals surface area contributed by atoms with Crippen LogP contribution in [0, 0.1) is 0 Å². The standard InChI is InChI=1S/C10H19N3O4/c1-2-3-6(11)9(15)13-7(10(16)17)4-5-8(12)14/h6-7H,2-5,11H2,1H3,(H2,12,14)(H,13,15)(H,16,17)/t6-,7?/m1/s1. The molecule has 0 aliphatic heterocycles. The van der Waals surface area contributed by atoms with Crippen LogP contribution in [0.3, 0.4) is 0 Å². The van der Waals surface area contributed by atoms with E-state index in [0.717, 1.165) is 6.42 Å². The van der Waals surface area contributed by atoms with Crippen molar-refractivity contribution in [3.63, 3.8) is 0 Å². The Bertz CT molecular complexity index is 293. The number of nitrogens with one attached hydrogen (secondary N) is 1. The van der Waals surface area contributed by atoms with Crippen molar-refractivity contribution in [2.45, 2.75) is 44.7 Å². The largest absolute Gasteiger partial charge is 0.480 e. The van der Waals surface area contributed by atoms with E-state index in [4.69, 9.17) is 16.6 Å². The fourth-order valence-corrected chi connectivity index (χ4v) is 1.26. The highest BCUT2D eigenvalue weighted by atomic mass is 16.4. The number of aliphatic carboxylic acids is 1. The lowest BCUT2D eigenvalue weighted by atomic mass is 10.1. The van der Waals surface area contributed by atoms with Crippen LogP contribution in [0.5, 0.6) is 0 Å². The van der Waals surface area contributed by atoms with Crippen molar-refractivity contribution >= 4 is 17.8 Å². The van der Waals surface area contributed by atoms with Crippen LogP contribution in [0.15, 0.2) is 0 Å². The highest BCUT2D eigenvalue weighted by Crippen LogP contribution is 2.00. The lowest BCUT2D eigenvalue weighted by Gasteiger charge is -2.16. The predicted molar refractivity (Wildman–Crippen MR) is 60.9 cm³/mol. The van der Waals surface area contributed by atoms with Crippen LogP contribution in [0.1, 0.15) is 32.6 Å². The smallest absolute Gasteiger partial charge is 0.326 e. The fraction of sp³-hybridized carbons (Fsp3) is 0.700. The number of hydrogen-bond acceptors (Lipinski definition) is 4. The van der Waals surface area contributed by atoms with Crippen molar-refractivity contribution < 1.29 is 19.5 Å². The average Bonchev–Trinajstić information content (AvgIpc) is 2.23. The molecule has 7 heteroatoms. The van der Waals surface area contributed by atoms with Crippen LogP contribution < -0.4 is 16.8 Å². The van der Waals surface area contributed by atoms with Gasteiger partial charge in [-0.2, -0.15) is 0 Å². The van der Waals surface area contributed by atoms with E-state index >= 15 is 0 Å². The number of primary amides is 1. The van der Waals surface area contributed by atoms with Gasteiger partial charge in [-0.05, 0) is 12.8 Å². The van der Waals surface area contributed by atoms with Crippen LogP contribution in [0.4, 0.5) is 0 Å². The maximum Gasteiger partial charge on any atom is 0.326 e. The molecule has 0 aromatic heterocycles. The first-order chi connectivity index (χ1) is 7.88. The molecule has 0 saturated heterocycles. The molecular weight excluding hydrogens is 226 g/mol. The molecule has 0 heterocycles. The van der Waals surface area contributed by atoms with Crippen LogP contribution in [-0.2, 0) is 14.4 Å². The quantitative estimate of drug-likeness (QED) is 0.432. The minimum Gasteiger partial charge on any atom is -0.480 e. The summed E-state index contributed by atoms with van der Waals surface area (Å²) in [5.41, 5.74) is 10.4. The van der Waals surface area contributed by atoms with Crippen molar-refractivity contribution in [1.82, 2.24) is 5.32 Å². The number of rotatable bonds is 8. The molecule has 0 fully saturated rings. The van der Waals surface area contributed by atoms with Gasteiger partial charge in [0.25, 0.3) is 0 Å². The zero-order valence-corrected chi connectivity index (χ0v) is 9.81. The summed E-state index contributed by atoms with van der Waals surface area (Å²) in [5.74, 6) is -2.34. The molecule has 2 atom stereocenters. The summed E-state index contributed by atoms with van der Waals surface area (Å²) in [7, 11) is 0. The second-order valence-electron chi connectivity index (χ2n) is 3.80. The molecule has 0 radical (unpaired) electrons. The lowest BCUT2D eigenvalue weighted by molar-refractivity contribution is -0.142. The summed E-state index contributed by atoms with van der Waals surface area (Å²) in [6, 6.07) is -1.85. The molecule has 1 unspecified atom stereocenters. The third kappa shape index (κ3) is 6.52. The van der Waals surface area contributed by atoms with E-state index in [2.05, 4.69) is 5.32 Å². The molecule has 0 bridgehead atoms. The fourth-order valence-electron chi connectivity index (χ4n) is 1.26. The van der Waals surface area contributed by atoms with Gasteiger partial charge in [0.1, 0.15) is 6.04 Å². The predicted octanol–water partition coefficient (Wildman–Crippen LogP) is -1.05. The van der Waals surface area contributed by atoms with Crippen LogP contribution in [-0.4, -0.2) is 35.0 Å². The number of carbonyl (C=O) groups excluding carboxylic acids is 2. The molecule has 6 N–H and O–H groups in total. The molecule has 2 amide bonds. The monoisotopic (exact) mass is 245 g/mol. The molecule has 0 aromatic rings. The second-order valence-corrected chi connectivity index (χ2v) is 3.80. The van der Waals surface area contributed by atoms with Crippen LogP contribution >= 0.6 is 0 Å². The first kappa shape index (κ1) is 15.4. The van der Waals surface area contributed by atoms with Crippen LogP contribution in [0.25, 0.3) is 0 Å². The van der Waals surface area contributed by atoms with E-state index in [-0.39, 0.29) is 12.8 Å². The minimum atomic E-state index is -1.21. The van der Waals surface area contributed by atoms with E-state index in [1.807, 2.05) is 6.92 Å². The molecule has 0 aromatic carbocycles. The number of carbonyl (C=O) groups is 3. The van der Waals surface area contributed by atoms with E-state index in [9.17, 15) is 14.4 Å². The average molecular weight is 245 g/mol. The molecule has 17 heavy (non-hydrogen) atoms. The maximum absolute atomic E-state index is 11.5. The van der Waals surface area contributed by atoms with Crippen LogP contribution in [0.2, 0.25) is 0 Å². The number of carboxylic acids is 1. The van der Waals surface area contributed by atoms with Gasteiger partial charge >= 0.3 is 5.97 Å². The molecule has 0 saturated carbocycles. The van der Waals surface area contributed by atoms with Crippen molar-refractivity contribution in [3.05, 3.63) is 0 Å². The van der Waals surface area contributed by atoms with Gasteiger partial charge in [-0.25, -0.2) is 4.79 Å². The van der Waals surface area contributed by atoms with Gasteiger partial charge < -0.3 is 21.9 Å². The highest BCUT2D eigenvalue weighted by Gasteiger charge is 2.23. The first-order valence-corrected chi connectivity index (χ1v) is 5.45. The Kier molecular flexibility index (Phi) is 6.88. The van der Waals surface area contributed by atoms with Gasteiger partial charge in [0, 0.05) is 6.42 Å². The normalized spacial score (nSPS) is 13.8. The maximum atomic E-state index is 11.5. The Hall–Kier alpha value is -1.63. The molecule has 98 valence electrons. The van der Waals surface area contributed by atoms with E-state index < -0.39 is 29.9 Å². The van der Waals surface area contributed by atoms with Gasteiger partial charge in [0.15, 0.2) is 0 Å². The zero-order valence-electron chi connectivity index (χ0n) is 9.81. The summed E-state index contributed by atoms with van der Waals surface area (Å²) in [4.78, 5) is 32.8. The second kappa shape index (κ2) is 7.61. The van der Waals surface area contributed by atoms with E-state index in [1.165, 1.54) is 0 Å². The Morgan fingerprint density at radius 3 is 2.29 bits per heavy atom. The summed E-state index contributed by atoms with van der Waals surface area (Å²) in [6.45, 7) is 1.87. The van der Waals surface area contributed by atoms with Crippen molar-refractivity contribution in [2.75, 3.05) is 0 Å². The van der Waals surface area contributed by atoms with E-state index in [1.54, 1.807) is 0 Å². The molecule has 0 rings (SSSR count). The van der Waals surface area contributed by atoms with Crippen molar-refractivity contribution in [3.8, 4) is 0 Å². The number of carboxylic acid groups (broad SMARTS) is 1. The number of hydrogen-bond donors (Lipinski definition) is 4. The minimum absolute atomic E-state index is 0.0325. The third-order valence-corrected chi connectivity index (χ3v) is 2.23. The summed E-state index contributed by atoms with van der Waals surface area (Å²) >= 11 is 0. The molecular formula is C10H19N3O4. The Labute approximate surface area is 99.5 Å². The summed E-state index contributed by atoms with van der Waals surface area (Å²) in [5, 5.41) is 11.1. The van der Waals surface area contributed by atoms with Crippen molar-refractivity contribution in [1.29, 1.82) is 0 Å². The lowest BCUT2D eigenvalue weighted by Crippen LogP contribution is -2.48. The topological polar surface area (TPSA) is 136 Å². The van der Waals surface area contributed by atoms with Gasteiger partial charge in [0.2, 0.25) is 11.8 Å². The SMILES string of the molecule is CCC[C@@H](N)C(=O)NC(CCC(N)=O)C(=O)O. The van der Waals surface area contributed by atoms with Gasteiger partial charge in [-0.3, -0.25) is 9.59 Å². The molecule has 0 aliphatic carbocycles. The zero-order chi connectivity index (χ0) is 13.4. The first-order valence-electron chi connectivity index (χ1n) is 5.45. The van der Waals surface area contributed by atoms with Gasteiger partial charge in [-0.1, -0.05) is 13.3 Å². The Morgan fingerprint density at radius 2 is 1.88 bits per heavy atom. The number of amides is 2. The molecule has 7 nitrogen and oxygen atoms in total.